The fourth-order valence-corrected chi connectivity index (χ4v) is 3.49. The molecule has 9 nitrogen and oxygen atoms in total. The number of pyridine rings is 1. The monoisotopic (exact) mass is 388 g/mol. The van der Waals surface area contributed by atoms with Crippen molar-refractivity contribution >= 4 is 5.91 Å². The Bertz CT molecular complexity index is 903. The molecule has 150 valence electrons. The number of piperidine rings is 1. The van der Waals surface area contributed by atoms with Crippen LogP contribution in [-0.2, 0) is 20.8 Å². The number of nitrogens with zero attached hydrogens (tertiary/aromatic N) is 4. The predicted molar refractivity (Wildman–Crippen MR) is 98.5 cm³/mol. The number of hydrogen-bond acceptors (Lipinski definition) is 7. The zero-order chi connectivity index (χ0) is 19.7. The quantitative estimate of drug-likeness (QED) is 0.780. The normalized spacial score (nSPS) is 18.9. The first-order valence-corrected chi connectivity index (χ1v) is 9.56. The molecule has 28 heavy (non-hydrogen) atoms. The smallest absolute Gasteiger partial charge is 0.251 e. The molecule has 0 aliphatic carbocycles. The van der Waals surface area contributed by atoms with Crippen molar-refractivity contribution in [1.82, 2.24) is 19.7 Å². The molecule has 0 atom stereocenters. The van der Waals surface area contributed by atoms with Gasteiger partial charge in [-0.2, -0.15) is 0 Å². The molecular weight excluding hydrogens is 364 g/mol. The second kappa shape index (κ2) is 7.48. The van der Waals surface area contributed by atoms with Crippen LogP contribution in [0, 0.1) is 0 Å². The second-order valence-corrected chi connectivity index (χ2v) is 7.47. The first-order valence-electron chi connectivity index (χ1n) is 9.56. The number of amides is 1. The summed E-state index contributed by atoms with van der Waals surface area (Å²) >= 11 is 0. The highest BCUT2D eigenvalue weighted by molar-refractivity contribution is 5.76. The molecule has 0 unspecified atom stereocenters. The van der Waals surface area contributed by atoms with E-state index in [2.05, 4.69) is 10.2 Å². The van der Waals surface area contributed by atoms with Crippen LogP contribution in [0.4, 0.5) is 0 Å². The van der Waals surface area contributed by atoms with Crippen molar-refractivity contribution in [1.29, 1.82) is 0 Å². The summed E-state index contributed by atoms with van der Waals surface area (Å²) in [4.78, 5) is 26.7. The van der Waals surface area contributed by atoms with Crippen LogP contribution >= 0.6 is 0 Å². The first kappa shape index (κ1) is 18.8. The lowest BCUT2D eigenvalue weighted by Gasteiger charge is -2.37. The fraction of sp³-hybridized carbons (Fsp3) is 0.579. The Kier molecular flexibility index (Phi) is 5.03. The van der Waals surface area contributed by atoms with Gasteiger partial charge in [0.2, 0.25) is 17.7 Å². The van der Waals surface area contributed by atoms with E-state index in [1.54, 1.807) is 17.2 Å². The van der Waals surface area contributed by atoms with Gasteiger partial charge in [0.05, 0.1) is 18.8 Å². The Balaban J connectivity index is 1.45. The summed E-state index contributed by atoms with van der Waals surface area (Å²) in [5.74, 6) is 0.340. The fourth-order valence-electron chi connectivity index (χ4n) is 3.49. The van der Waals surface area contributed by atoms with E-state index in [-0.39, 0.29) is 23.9 Å². The van der Waals surface area contributed by atoms with Gasteiger partial charge >= 0.3 is 0 Å². The maximum absolute atomic E-state index is 12.7. The molecule has 2 aliphatic heterocycles. The van der Waals surface area contributed by atoms with Crippen molar-refractivity contribution in [2.45, 2.75) is 44.9 Å². The topological polar surface area (TPSA) is 99.7 Å². The van der Waals surface area contributed by atoms with Gasteiger partial charge in [0.15, 0.2) is 5.79 Å². The number of ether oxygens (including phenoxy) is 2. The minimum atomic E-state index is -0.528. The molecule has 0 N–H and O–H groups in total. The molecule has 0 bridgehead atoms. The highest BCUT2D eigenvalue weighted by Gasteiger charge is 2.40. The number of carbonyl (C=O) groups excluding carboxylic acids is 1. The molecule has 2 aromatic rings. The molecular formula is C19H24N4O5. The van der Waals surface area contributed by atoms with E-state index in [1.807, 2.05) is 13.8 Å². The molecule has 2 aliphatic rings. The standard InChI is InChI=1S/C19H24N4O5/c1-13(2)17-20-21-18(28-17)14-3-4-15(24)23(11-14)12-16(25)22-7-5-19(6-8-22)26-9-10-27-19/h3-4,11,13H,5-10,12H2,1-2H3. The average molecular weight is 388 g/mol. The summed E-state index contributed by atoms with van der Waals surface area (Å²) in [6, 6.07) is 3.04. The first-order chi connectivity index (χ1) is 13.5. The highest BCUT2D eigenvalue weighted by atomic mass is 16.7. The molecule has 9 heteroatoms. The molecule has 4 rings (SSSR count). The average Bonchev–Trinajstić information content (AvgIpc) is 3.34. The van der Waals surface area contributed by atoms with E-state index in [4.69, 9.17) is 13.9 Å². The molecule has 0 saturated carbocycles. The maximum Gasteiger partial charge on any atom is 0.251 e. The van der Waals surface area contributed by atoms with Gasteiger partial charge in [-0.25, -0.2) is 0 Å². The van der Waals surface area contributed by atoms with Crippen molar-refractivity contribution < 1.29 is 18.7 Å². The molecule has 2 fully saturated rings. The van der Waals surface area contributed by atoms with Crippen LogP contribution in [-0.4, -0.2) is 57.7 Å². The minimum absolute atomic E-state index is 0.0352. The third-order valence-corrected chi connectivity index (χ3v) is 5.16. The van der Waals surface area contributed by atoms with Crippen molar-refractivity contribution in [3.63, 3.8) is 0 Å². The van der Waals surface area contributed by atoms with Gasteiger partial charge < -0.3 is 23.4 Å². The SMILES string of the molecule is CC(C)c1nnc(-c2ccc(=O)n(CC(=O)N3CCC4(CC3)OCCO4)c2)o1. The summed E-state index contributed by atoms with van der Waals surface area (Å²) < 4.78 is 18.4. The molecule has 0 aromatic carbocycles. The van der Waals surface area contributed by atoms with Gasteiger partial charge in [-0.05, 0) is 6.07 Å². The number of likely N-dealkylation sites (tertiary alicyclic amines) is 1. The Morgan fingerprint density at radius 3 is 2.54 bits per heavy atom. The maximum atomic E-state index is 12.7. The summed E-state index contributed by atoms with van der Waals surface area (Å²) in [6.07, 6.45) is 2.88. The van der Waals surface area contributed by atoms with E-state index in [9.17, 15) is 9.59 Å². The summed E-state index contributed by atoms with van der Waals surface area (Å²) in [6.45, 7) is 6.19. The van der Waals surface area contributed by atoms with Crippen molar-refractivity contribution in [2.24, 2.45) is 0 Å². The van der Waals surface area contributed by atoms with Crippen LogP contribution in [0.2, 0.25) is 0 Å². The number of hydrogen-bond donors (Lipinski definition) is 0. The van der Waals surface area contributed by atoms with Crippen LogP contribution in [0.5, 0.6) is 0 Å². The lowest BCUT2D eigenvalue weighted by Crippen LogP contribution is -2.48. The zero-order valence-corrected chi connectivity index (χ0v) is 16.1. The Morgan fingerprint density at radius 1 is 1.18 bits per heavy atom. The summed E-state index contributed by atoms with van der Waals surface area (Å²) in [5, 5.41) is 8.04. The van der Waals surface area contributed by atoms with Crippen molar-refractivity contribution in [2.75, 3.05) is 26.3 Å². The van der Waals surface area contributed by atoms with Gasteiger partial charge in [-0.1, -0.05) is 13.8 Å². The van der Waals surface area contributed by atoms with E-state index < -0.39 is 5.79 Å². The molecule has 1 amide bonds. The van der Waals surface area contributed by atoms with E-state index in [0.717, 1.165) is 0 Å². The Morgan fingerprint density at radius 2 is 1.89 bits per heavy atom. The number of carbonyl (C=O) groups is 1. The van der Waals surface area contributed by atoms with E-state index >= 15 is 0 Å². The predicted octanol–water partition coefficient (Wildman–Crippen LogP) is 1.39. The third-order valence-electron chi connectivity index (χ3n) is 5.16. The number of aromatic nitrogens is 3. The van der Waals surface area contributed by atoms with Crippen LogP contribution in [0.3, 0.4) is 0 Å². The van der Waals surface area contributed by atoms with Crippen LogP contribution in [0.1, 0.15) is 38.5 Å². The van der Waals surface area contributed by atoms with Crippen LogP contribution < -0.4 is 5.56 Å². The van der Waals surface area contributed by atoms with Crippen LogP contribution in [0.15, 0.2) is 27.5 Å². The third kappa shape index (κ3) is 3.72. The second-order valence-electron chi connectivity index (χ2n) is 7.47. The lowest BCUT2D eigenvalue weighted by molar-refractivity contribution is -0.187. The van der Waals surface area contributed by atoms with E-state index in [1.165, 1.54) is 10.6 Å². The van der Waals surface area contributed by atoms with Gasteiger partial charge in [0.1, 0.15) is 6.54 Å². The van der Waals surface area contributed by atoms with Gasteiger partial charge in [-0.15, -0.1) is 10.2 Å². The molecule has 4 heterocycles. The van der Waals surface area contributed by atoms with E-state index in [0.29, 0.717) is 56.5 Å². The summed E-state index contributed by atoms with van der Waals surface area (Å²) in [7, 11) is 0. The Hall–Kier alpha value is -2.52. The van der Waals surface area contributed by atoms with Crippen molar-refractivity contribution in [3.05, 3.63) is 34.6 Å². The number of rotatable bonds is 4. The van der Waals surface area contributed by atoms with Crippen LogP contribution in [0.25, 0.3) is 11.5 Å². The zero-order valence-electron chi connectivity index (χ0n) is 16.1. The molecule has 2 saturated heterocycles. The largest absolute Gasteiger partial charge is 0.420 e. The van der Waals surface area contributed by atoms with Gasteiger partial charge in [0, 0.05) is 44.1 Å². The summed E-state index contributed by atoms with van der Waals surface area (Å²) in [5.41, 5.74) is 0.355. The van der Waals surface area contributed by atoms with Crippen molar-refractivity contribution in [3.8, 4) is 11.5 Å². The molecule has 1 spiro atoms. The lowest BCUT2D eigenvalue weighted by atomic mass is 10.0. The molecule has 2 aromatic heterocycles. The van der Waals surface area contributed by atoms with Gasteiger partial charge in [0.25, 0.3) is 5.56 Å². The minimum Gasteiger partial charge on any atom is -0.420 e. The Labute approximate surface area is 162 Å². The van der Waals surface area contributed by atoms with Gasteiger partial charge in [-0.3, -0.25) is 9.59 Å². The highest BCUT2D eigenvalue weighted by Crippen LogP contribution is 2.31. The molecule has 0 radical (unpaired) electrons.